The maximum atomic E-state index is 6.98. The van der Waals surface area contributed by atoms with Crippen LogP contribution in [0.1, 0.15) is 67.2 Å². The van der Waals surface area contributed by atoms with Crippen molar-refractivity contribution in [1.29, 1.82) is 0 Å². The Balaban J connectivity index is 5.14. The van der Waals surface area contributed by atoms with Gasteiger partial charge in [-0.15, -0.1) is 0 Å². The molecule has 2 atom stereocenters. The van der Waals surface area contributed by atoms with E-state index in [9.17, 15) is 0 Å². The average Bonchev–Trinajstić information content (AvgIpc) is 2.50. The molecule has 2 unspecified atom stereocenters. The summed E-state index contributed by atoms with van der Waals surface area (Å²) in [5.41, 5.74) is 0. The molecule has 3 nitrogen and oxygen atoms in total. The van der Waals surface area contributed by atoms with E-state index in [-0.39, 0.29) is 0 Å². The summed E-state index contributed by atoms with van der Waals surface area (Å²) in [5, 5.41) is 0. The zero-order chi connectivity index (χ0) is 16.2. The van der Waals surface area contributed by atoms with Gasteiger partial charge in [0.15, 0.2) is 0 Å². The fourth-order valence-electron chi connectivity index (χ4n) is 2.76. The maximum absolute atomic E-state index is 6.98. The van der Waals surface area contributed by atoms with Crippen LogP contribution < -0.4 is 0 Å². The second-order valence-electron chi connectivity index (χ2n) is 5.70. The monoisotopic (exact) mass is 518 g/mol. The van der Waals surface area contributed by atoms with Crippen molar-refractivity contribution in [2.24, 2.45) is 0 Å². The predicted molar refractivity (Wildman–Crippen MR) is 96.2 cm³/mol. The zero-order valence-corrected chi connectivity index (χ0v) is 21.0. The normalized spacial score (nSPS) is 17.4. The molecule has 0 saturated heterocycles. The fraction of sp³-hybridized carbons (Fsp3) is 1.00. The van der Waals surface area contributed by atoms with Crippen LogP contribution in [0, 0.1) is 0 Å². The Morgan fingerprint density at radius 3 is 1.24 bits per heavy atom. The van der Waals surface area contributed by atoms with E-state index in [1.165, 1.54) is 34.6 Å². The minimum absolute atomic E-state index is 0.805. The van der Waals surface area contributed by atoms with Crippen LogP contribution in [0.5, 0.6) is 0 Å². The molecule has 0 aliphatic carbocycles. The first-order valence-electron chi connectivity index (χ1n) is 9.05. The Morgan fingerprint density at radius 2 is 1.00 bits per heavy atom. The molecule has 0 aromatic rings. The summed E-state index contributed by atoms with van der Waals surface area (Å²) in [4.78, 5) is 0. The standard InChI is InChI=1S/2C4H9.2C2H5O.2C2H5.O.2Sn/c2*1-3-4-2;2*1-2-3;2*1-2;;;/h2*1,3-4H2,2H3;2*2H2,1H3;2*1H2,2H3;;;/q;;2*-1;;;;2*+1. The van der Waals surface area contributed by atoms with Crippen LogP contribution in [-0.4, -0.2) is 51.6 Å². The molecule has 0 aliphatic rings. The van der Waals surface area contributed by atoms with Crippen molar-refractivity contribution in [2.45, 2.75) is 85.0 Å². The van der Waals surface area contributed by atoms with E-state index in [2.05, 4.69) is 41.5 Å². The second kappa shape index (κ2) is 12.8. The molecule has 0 fully saturated rings. The molecule has 21 heavy (non-hydrogen) atoms. The van der Waals surface area contributed by atoms with Crippen LogP contribution in [0.2, 0.25) is 17.7 Å². The molecule has 0 rings (SSSR count). The number of hydrogen-bond acceptors (Lipinski definition) is 3. The Morgan fingerprint density at radius 1 is 0.619 bits per heavy atom. The van der Waals surface area contributed by atoms with Gasteiger partial charge in [-0.3, -0.25) is 0 Å². The summed E-state index contributed by atoms with van der Waals surface area (Å²) >= 11 is -5.83. The summed E-state index contributed by atoms with van der Waals surface area (Å²) < 4.78 is 24.3. The van der Waals surface area contributed by atoms with E-state index in [1.54, 1.807) is 0 Å². The van der Waals surface area contributed by atoms with Crippen molar-refractivity contribution >= 4 is 38.4 Å². The van der Waals surface area contributed by atoms with Gasteiger partial charge in [-0.05, 0) is 0 Å². The third kappa shape index (κ3) is 8.22. The summed E-state index contributed by atoms with van der Waals surface area (Å²) in [5.74, 6) is 0. The molecular weight excluding hydrogens is 478 g/mol. The molecule has 0 aromatic heterocycles. The molecule has 128 valence electrons. The van der Waals surface area contributed by atoms with Crippen molar-refractivity contribution < 1.29 is 7.56 Å². The fourth-order valence-corrected chi connectivity index (χ4v) is 43.2. The van der Waals surface area contributed by atoms with Gasteiger partial charge in [0.1, 0.15) is 0 Å². The third-order valence-electron chi connectivity index (χ3n) is 4.09. The van der Waals surface area contributed by atoms with E-state index in [0.29, 0.717) is 0 Å². The van der Waals surface area contributed by atoms with Gasteiger partial charge >= 0.3 is 144 Å². The first-order valence-corrected chi connectivity index (χ1v) is 21.8. The molecule has 5 heteroatoms. The number of rotatable bonds is 14. The molecule has 0 radical (unpaired) electrons. The Hall–Kier alpha value is 1.48. The van der Waals surface area contributed by atoms with E-state index in [4.69, 9.17) is 7.56 Å². The summed E-state index contributed by atoms with van der Waals surface area (Å²) in [6, 6.07) is 0. The van der Waals surface area contributed by atoms with Crippen LogP contribution in [0.3, 0.4) is 0 Å². The molecular formula is C16H38O3Sn2. The minimum atomic E-state index is -2.92. The average molecular weight is 516 g/mol. The van der Waals surface area contributed by atoms with Crippen LogP contribution in [-0.2, 0) is 7.56 Å². The number of unbranched alkanes of at least 4 members (excludes halogenated alkanes) is 2. The van der Waals surface area contributed by atoms with Crippen molar-refractivity contribution in [3.63, 3.8) is 0 Å². The van der Waals surface area contributed by atoms with Crippen molar-refractivity contribution in [3.8, 4) is 0 Å². The Bertz CT molecular complexity index is 230. The van der Waals surface area contributed by atoms with Gasteiger partial charge in [0, 0.05) is 0 Å². The van der Waals surface area contributed by atoms with Crippen LogP contribution in [0.25, 0.3) is 0 Å². The summed E-state index contributed by atoms with van der Waals surface area (Å²) in [6.07, 6.45) is 4.95. The molecule has 0 aromatic carbocycles. The van der Waals surface area contributed by atoms with E-state index in [1.807, 2.05) is 0 Å². The number of hydrogen-bond donors (Lipinski definition) is 0. The van der Waals surface area contributed by atoms with Gasteiger partial charge in [-0.1, -0.05) is 0 Å². The Kier molecular flexibility index (Phi) is 13.8. The SMILES string of the molecule is CCC[CH2][Sn]([CH2]C)([O]CC)[O][Sn]([CH2]C)([CH2]CCC)[O]CC. The molecule has 0 heterocycles. The first-order chi connectivity index (χ1) is 10.1. The van der Waals surface area contributed by atoms with Crippen LogP contribution in [0.15, 0.2) is 0 Å². The molecule has 0 bridgehead atoms. The van der Waals surface area contributed by atoms with Gasteiger partial charge in [-0.25, -0.2) is 0 Å². The Labute approximate surface area is 143 Å². The zero-order valence-electron chi connectivity index (χ0n) is 15.3. The van der Waals surface area contributed by atoms with Crippen molar-refractivity contribution in [3.05, 3.63) is 0 Å². The quantitative estimate of drug-likeness (QED) is 0.282. The topological polar surface area (TPSA) is 27.7 Å². The first kappa shape index (κ1) is 22.5. The van der Waals surface area contributed by atoms with Gasteiger partial charge in [0.2, 0.25) is 0 Å². The predicted octanol–water partition coefficient (Wildman–Crippen LogP) is 5.60. The van der Waals surface area contributed by atoms with Crippen LogP contribution >= 0.6 is 0 Å². The molecule has 0 saturated carbocycles. The molecule has 0 aliphatic heterocycles. The van der Waals surface area contributed by atoms with Gasteiger partial charge in [0.25, 0.3) is 0 Å². The molecule has 0 amide bonds. The van der Waals surface area contributed by atoms with E-state index in [0.717, 1.165) is 22.1 Å². The van der Waals surface area contributed by atoms with Crippen molar-refractivity contribution in [1.82, 2.24) is 0 Å². The molecule has 0 N–H and O–H groups in total. The third-order valence-corrected chi connectivity index (χ3v) is 37.6. The van der Waals surface area contributed by atoms with Gasteiger partial charge in [0.05, 0.1) is 0 Å². The van der Waals surface area contributed by atoms with Gasteiger partial charge in [-0.2, -0.15) is 0 Å². The van der Waals surface area contributed by atoms with E-state index < -0.39 is 38.4 Å². The van der Waals surface area contributed by atoms with Gasteiger partial charge < -0.3 is 0 Å². The van der Waals surface area contributed by atoms with Crippen LogP contribution in [0.4, 0.5) is 0 Å². The summed E-state index contributed by atoms with van der Waals surface area (Å²) in [7, 11) is 0. The second-order valence-corrected chi connectivity index (χ2v) is 29.1. The van der Waals surface area contributed by atoms with Crippen molar-refractivity contribution in [2.75, 3.05) is 13.2 Å². The summed E-state index contributed by atoms with van der Waals surface area (Å²) in [6.45, 7) is 14.9. The molecule has 0 spiro atoms. The van der Waals surface area contributed by atoms with E-state index >= 15 is 0 Å².